The summed E-state index contributed by atoms with van der Waals surface area (Å²) < 4.78 is 30.3. The van der Waals surface area contributed by atoms with Gasteiger partial charge in [-0.15, -0.1) is 0 Å². The minimum atomic E-state index is -3.69. The van der Waals surface area contributed by atoms with Crippen molar-refractivity contribution in [3.8, 4) is 5.69 Å². The highest BCUT2D eigenvalue weighted by Crippen LogP contribution is 2.24. The van der Waals surface area contributed by atoms with Gasteiger partial charge in [-0.25, -0.2) is 17.8 Å². The number of hydrogen-bond acceptors (Lipinski definition) is 3. The molecule has 0 saturated carbocycles. The molecule has 0 saturated heterocycles. The third kappa shape index (κ3) is 3.81. The lowest BCUT2D eigenvalue weighted by Crippen LogP contribution is -2.27. The number of halogens is 1. The molecule has 150 valence electrons. The molecule has 0 aliphatic carbocycles. The van der Waals surface area contributed by atoms with Crippen molar-refractivity contribution in [2.75, 3.05) is 6.54 Å². The molecule has 0 atom stereocenters. The molecule has 4 aromatic rings. The Bertz CT molecular complexity index is 1280. The highest BCUT2D eigenvalue weighted by molar-refractivity contribution is 7.89. The molecule has 2 N–H and O–H groups in total. The fraction of sp³-hybridized carbons (Fsp3) is 0.190. The molecule has 8 heteroatoms. The quantitative estimate of drug-likeness (QED) is 0.484. The first-order valence-corrected chi connectivity index (χ1v) is 11.1. The van der Waals surface area contributed by atoms with Gasteiger partial charge >= 0.3 is 0 Å². The molecule has 6 nitrogen and oxygen atoms in total. The molecular weight excluding hydrogens is 408 g/mol. The molecule has 0 bridgehead atoms. The van der Waals surface area contributed by atoms with Gasteiger partial charge in [0.05, 0.1) is 17.1 Å². The van der Waals surface area contributed by atoms with Crippen LogP contribution in [0, 0.1) is 13.8 Å². The van der Waals surface area contributed by atoms with Crippen LogP contribution in [0.2, 0.25) is 5.02 Å². The third-order valence-corrected chi connectivity index (χ3v) is 6.86. The minimum Gasteiger partial charge on any atom is -0.361 e. The number of aromatic amines is 1. The van der Waals surface area contributed by atoms with Crippen LogP contribution < -0.4 is 4.72 Å². The van der Waals surface area contributed by atoms with Crippen LogP contribution in [0.25, 0.3) is 16.6 Å². The van der Waals surface area contributed by atoms with E-state index in [1.807, 2.05) is 54.7 Å². The second-order valence-electron chi connectivity index (χ2n) is 6.90. The van der Waals surface area contributed by atoms with Crippen LogP contribution >= 0.6 is 11.6 Å². The average molecular weight is 429 g/mol. The second-order valence-corrected chi connectivity index (χ2v) is 9.04. The Morgan fingerprint density at radius 1 is 1.14 bits per heavy atom. The fourth-order valence-corrected chi connectivity index (χ4v) is 5.18. The van der Waals surface area contributed by atoms with Crippen LogP contribution in [0.5, 0.6) is 0 Å². The first kappa shape index (κ1) is 19.7. The van der Waals surface area contributed by atoms with E-state index >= 15 is 0 Å². The van der Waals surface area contributed by atoms with Gasteiger partial charge in [-0.3, -0.25) is 0 Å². The van der Waals surface area contributed by atoms with Gasteiger partial charge in [-0.1, -0.05) is 29.8 Å². The van der Waals surface area contributed by atoms with Crippen LogP contribution in [0.4, 0.5) is 0 Å². The molecule has 0 amide bonds. The summed E-state index contributed by atoms with van der Waals surface area (Å²) >= 11 is 6.09. The maximum absolute atomic E-state index is 13.0. The Labute approximate surface area is 174 Å². The lowest BCUT2D eigenvalue weighted by molar-refractivity contribution is 0.580. The van der Waals surface area contributed by atoms with E-state index in [0.29, 0.717) is 22.8 Å². The Kier molecular flexibility index (Phi) is 5.21. The van der Waals surface area contributed by atoms with E-state index in [1.165, 1.54) is 0 Å². The fourth-order valence-electron chi connectivity index (χ4n) is 3.59. The molecule has 4 rings (SSSR count). The highest BCUT2D eigenvalue weighted by Gasteiger charge is 2.24. The van der Waals surface area contributed by atoms with E-state index in [9.17, 15) is 8.42 Å². The van der Waals surface area contributed by atoms with Crippen LogP contribution in [0.1, 0.15) is 17.0 Å². The lowest BCUT2D eigenvalue weighted by Gasteiger charge is -2.08. The van der Waals surface area contributed by atoms with Gasteiger partial charge in [-0.2, -0.15) is 5.10 Å². The summed E-state index contributed by atoms with van der Waals surface area (Å²) in [5.74, 6) is 0. The summed E-state index contributed by atoms with van der Waals surface area (Å²) in [6, 6.07) is 15.1. The highest BCUT2D eigenvalue weighted by atomic mass is 35.5. The zero-order valence-electron chi connectivity index (χ0n) is 16.1. The topological polar surface area (TPSA) is 79.8 Å². The number of aryl methyl sites for hydroxylation is 1. The maximum Gasteiger partial charge on any atom is 0.244 e. The molecule has 0 unspecified atom stereocenters. The Balaban J connectivity index is 1.55. The summed E-state index contributed by atoms with van der Waals surface area (Å²) in [5, 5.41) is 6.09. The lowest BCUT2D eigenvalue weighted by atomic mass is 10.1. The molecule has 0 aliphatic rings. The molecule has 0 fully saturated rings. The minimum absolute atomic E-state index is 0.225. The summed E-state index contributed by atoms with van der Waals surface area (Å²) in [4.78, 5) is 3.41. The Morgan fingerprint density at radius 2 is 1.90 bits per heavy atom. The van der Waals surface area contributed by atoms with E-state index < -0.39 is 10.0 Å². The van der Waals surface area contributed by atoms with Crippen molar-refractivity contribution in [1.29, 1.82) is 0 Å². The zero-order chi connectivity index (χ0) is 20.6. The van der Waals surface area contributed by atoms with E-state index in [2.05, 4.69) is 14.8 Å². The van der Waals surface area contributed by atoms with Gasteiger partial charge in [0.1, 0.15) is 4.90 Å². The summed E-state index contributed by atoms with van der Waals surface area (Å²) in [6.07, 6.45) is 2.43. The standard InChI is InChI=1S/C21H21ClN4O2S/c1-14-21(15(2)26(25-14)18-6-4-3-5-7-18)29(27,28)24-11-10-16-13-23-20-9-8-17(22)12-19(16)20/h3-9,12-13,23-24H,10-11H2,1-2H3. The summed E-state index contributed by atoms with van der Waals surface area (Å²) in [6.45, 7) is 3.75. The smallest absolute Gasteiger partial charge is 0.244 e. The summed E-state index contributed by atoms with van der Waals surface area (Å²) in [7, 11) is -3.69. The molecular formula is C21H21ClN4O2S. The van der Waals surface area contributed by atoms with Gasteiger partial charge in [0.15, 0.2) is 0 Å². The first-order chi connectivity index (χ1) is 13.9. The predicted molar refractivity (Wildman–Crippen MR) is 115 cm³/mol. The SMILES string of the molecule is Cc1nn(-c2ccccc2)c(C)c1S(=O)(=O)NCCc1c[nH]c2ccc(Cl)cc12. The van der Waals surface area contributed by atoms with Gasteiger partial charge in [0, 0.05) is 28.7 Å². The number of rotatable bonds is 6. The summed E-state index contributed by atoms with van der Waals surface area (Å²) in [5.41, 5.74) is 3.87. The second kappa shape index (κ2) is 7.67. The van der Waals surface area contributed by atoms with E-state index in [1.54, 1.807) is 18.5 Å². The van der Waals surface area contributed by atoms with Crippen LogP contribution in [-0.4, -0.2) is 29.7 Å². The molecule has 0 spiro atoms. The largest absolute Gasteiger partial charge is 0.361 e. The van der Waals surface area contributed by atoms with Gasteiger partial charge in [-0.05, 0) is 56.2 Å². The van der Waals surface area contributed by atoms with Crippen molar-refractivity contribution in [1.82, 2.24) is 19.5 Å². The molecule has 29 heavy (non-hydrogen) atoms. The number of nitrogens with zero attached hydrogens (tertiary/aromatic N) is 2. The van der Waals surface area contributed by atoms with Crippen molar-refractivity contribution in [2.24, 2.45) is 0 Å². The van der Waals surface area contributed by atoms with Gasteiger partial charge in [0.2, 0.25) is 10.0 Å². The van der Waals surface area contributed by atoms with Crippen molar-refractivity contribution < 1.29 is 8.42 Å². The molecule has 2 aromatic heterocycles. The molecule has 2 heterocycles. The number of sulfonamides is 1. The normalized spacial score (nSPS) is 12.0. The number of H-pyrrole nitrogens is 1. The van der Waals surface area contributed by atoms with Crippen molar-refractivity contribution in [3.05, 3.63) is 76.7 Å². The van der Waals surface area contributed by atoms with E-state index in [-0.39, 0.29) is 11.4 Å². The number of para-hydroxylation sites is 1. The maximum atomic E-state index is 13.0. The van der Waals surface area contributed by atoms with Crippen molar-refractivity contribution >= 4 is 32.5 Å². The number of nitrogens with one attached hydrogen (secondary N) is 2. The Morgan fingerprint density at radius 3 is 2.66 bits per heavy atom. The number of fused-ring (bicyclic) bond motifs is 1. The predicted octanol–water partition coefficient (Wildman–Crippen LogP) is 4.14. The van der Waals surface area contributed by atoms with Crippen molar-refractivity contribution in [2.45, 2.75) is 25.2 Å². The first-order valence-electron chi connectivity index (χ1n) is 9.23. The number of aromatic nitrogens is 3. The molecule has 0 radical (unpaired) electrons. The van der Waals surface area contributed by atoms with Crippen LogP contribution in [0.15, 0.2) is 59.6 Å². The number of benzene rings is 2. The monoisotopic (exact) mass is 428 g/mol. The van der Waals surface area contributed by atoms with E-state index in [0.717, 1.165) is 22.2 Å². The van der Waals surface area contributed by atoms with E-state index in [4.69, 9.17) is 11.6 Å². The molecule has 2 aromatic carbocycles. The molecule has 0 aliphatic heterocycles. The zero-order valence-corrected chi connectivity index (χ0v) is 17.7. The average Bonchev–Trinajstić information content (AvgIpc) is 3.22. The van der Waals surface area contributed by atoms with Crippen LogP contribution in [0.3, 0.4) is 0 Å². The van der Waals surface area contributed by atoms with Crippen LogP contribution in [-0.2, 0) is 16.4 Å². The number of hydrogen-bond donors (Lipinski definition) is 2. The van der Waals surface area contributed by atoms with Gasteiger partial charge in [0.25, 0.3) is 0 Å². The third-order valence-electron chi connectivity index (χ3n) is 4.91. The van der Waals surface area contributed by atoms with Crippen molar-refractivity contribution in [3.63, 3.8) is 0 Å². The Hall–Kier alpha value is -2.61. The van der Waals surface area contributed by atoms with Gasteiger partial charge < -0.3 is 4.98 Å².